The van der Waals surface area contributed by atoms with Crippen molar-refractivity contribution in [2.24, 2.45) is 4.99 Å². The summed E-state index contributed by atoms with van der Waals surface area (Å²) in [5.74, 6) is 1.28. The van der Waals surface area contributed by atoms with Crippen LogP contribution in [0.4, 0.5) is 4.39 Å². The maximum Gasteiger partial charge on any atom is 0.191 e. The van der Waals surface area contributed by atoms with Crippen molar-refractivity contribution in [3.05, 3.63) is 52.1 Å². The summed E-state index contributed by atoms with van der Waals surface area (Å²) in [7, 11) is 0. The molecular weight excluding hydrogens is 458 g/mol. The molecular formula is C17H23ClFIN4O. The van der Waals surface area contributed by atoms with E-state index in [0.717, 1.165) is 23.6 Å². The van der Waals surface area contributed by atoms with Crippen LogP contribution in [0.2, 0.25) is 5.02 Å². The van der Waals surface area contributed by atoms with Crippen molar-refractivity contribution in [1.82, 2.24) is 15.8 Å². The third kappa shape index (κ3) is 6.81. The number of halogens is 3. The number of hydrogen-bond acceptors (Lipinski definition) is 3. The predicted octanol–water partition coefficient (Wildman–Crippen LogP) is 4.46. The number of nitrogens with zero attached hydrogens (tertiary/aromatic N) is 2. The molecule has 2 aromatic rings. The Labute approximate surface area is 169 Å². The molecule has 0 radical (unpaired) electrons. The maximum atomic E-state index is 13.2. The van der Waals surface area contributed by atoms with Crippen molar-refractivity contribution in [2.75, 3.05) is 6.54 Å². The Bertz CT molecular complexity index is 706. The average Bonchev–Trinajstić information content (AvgIpc) is 3.02. The van der Waals surface area contributed by atoms with Gasteiger partial charge in [0.15, 0.2) is 11.7 Å². The number of hydrogen-bond donors (Lipinski definition) is 2. The van der Waals surface area contributed by atoms with Crippen molar-refractivity contribution >= 4 is 41.5 Å². The minimum Gasteiger partial charge on any atom is -0.359 e. The third-order valence-electron chi connectivity index (χ3n) is 3.35. The van der Waals surface area contributed by atoms with Gasteiger partial charge < -0.3 is 15.2 Å². The van der Waals surface area contributed by atoms with Crippen molar-refractivity contribution in [1.29, 1.82) is 0 Å². The fourth-order valence-corrected chi connectivity index (χ4v) is 2.21. The second-order valence-electron chi connectivity index (χ2n) is 5.67. The minimum absolute atomic E-state index is 0. The molecule has 0 aliphatic rings. The molecule has 2 N–H and O–H groups in total. The van der Waals surface area contributed by atoms with E-state index in [2.05, 4.69) is 34.6 Å². The standard InChI is InChI=1S/C17H22ClFN4O.HI/c1-4-20-17(21-9-12-5-6-15(19)14(18)7-12)22-10-13-8-16(11(2)3)23-24-13;/h5-8,11H,4,9-10H2,1-3H3,(H2,20,21,22);1H. The van der Waals surface area contributed by atoms with Crippen molar-refractivity contribution in [3.8, 4) is 0 Å². The van der Waals surface area contributed by atoms with Crippen LogP contribution in [0.1, 0.15) is 43.7 Å². The molecule has 5 nitrogen and oxygen atoms in total. The summed E-state index contributed by atoms with van der Waals surface area (Å²) in [4.78, 5) is 4.46. The van der Waals surface area contributed by atoms with Gasteiger partial charge in [0.25, 0.3) is 0 Å². The quantitative estimate of drug-likeness (QED) is 0.364. The van der Waals surface area contributed by atoms with Gasteiger partial charge in [0.1, 0.15) is 5.82 Å². The van der Waals surface area contributed by atoms with Crippen LogP contribution in [0, 0.1) is 5.82 Å². The molecule has 0 aliphatic heterocycles. The Balaban J connectivity index is 0.00000312. The molecule has 0 fully saturated rings. The fraction of sp³-hybridized carbons (Fsp3) is 0.412. The highest BCUT2D eigenvalue weighted by molar-refractivity contribution is 14.0. The van der Waals surface area contributed by atoms with Gasteiger partial charge in [-0.15, -0.1) is 24.0 Å². The summed E-state index contributed by atoms with van der Waals surface area (Å²) in [6.07, 6.45) is 0. The molecule has 8 heteroatoms. The monoisotopic (exact) mass is 480 g/mol. The molecule has 1 heterocycles. The lowest BCUT2D eigenvalue weighted by Crippen LogP contribution is -2.36. The Kier molecular flexibility index (Phi) is 9.20. The Morgan fingerprint density at radius 1 is 1.32 bits per heavy atom. The molecule has 0 saturated carbocycles. The van der Waals surface area contributed by atoms with E-state index in [9.17, 15) is 4.39 Å². The first-order chi connectivity index (χ1) is 11.5. The molecule has 138 valence electrons. The first-order valence-corrected chi connectivity index (χ1v) is 8.29. The first-order valence-electron chi connectivity index (χ1n) is 7.91. The minimum atomic E-state index is -0.430. The van der Waals surface area contributed by atoms with Crippen LogP contribution in [-0.4, -0.2) is 17.7 Å². The fourth-order valence-electron chi connectivity index (χ4n) is 2.01. The summed E-state index contributed by atoms with van der Waals surface area (Å²) in [5, 5.41) is 10.5. The summed E-state index contributed by atoms with van der Waals surface area (Å²) in [5.41, 5.74) is 1.76. The molecule has 2 rings (SSSR count). The van der Waals surface area contributed by atoms with Gasteiger partial charge in [-0.1, -0.05) is 36.7 Å². The molecule has 0 unspecified atom stereocenters. The lowest BCUT2D eigenvalue weighted by molar-refractivity contribution is 0.372. The van der Waals surface area contributed by atoms with Gasteiger partial charge in [0.2, 0.25) is 0 Å². The van der Waals surface area contributed by atoms with Gasteiger partial charge in [0.05, 0.1) is 23.8 Å². The van der Waals surface area contributed by atoms with E-state index in [0.29, 0.717) is 25.0 Å². The third-order valence-corrected chi connectivity index (χ3v) is 3.64. The highest BCUT2D eigenvalue weighted by atomic mass is 127. The summed E-state index contributed by atoms with van der Waals surface area (Å²) >= 11 is 5.79. The second kappa shape index (κ2) is 10.6. The first kappa shape index (κ1) is 21.7. The normalized spacial score (nSPS) is 11.4. The number of nitrogens with one attached hydrogen (secondary N) is 2. The topological polar surface area (TPSA) is 62.5 Å². The zero-order valence-electron chi connectivity index (χ0n) is 14.5. The molecule has 0 spiro atoms. The number of rotatable bonds is 6. The van der Waals surface area contributed by atoms with Crippen molar-refractivity contribution in [2.45, 2.75) is 39.8 Å². The van der Waals surface area contributed by atoms with Gasteiger partial charge in [-0.05, 0) is 30.5 Å². The number of aromatic nitrogens is 1. The van der Waals surface area contributed by atoms with E-state index in [1.54, 1.807) is 12.1 Å². The molecule has 0 bridgehead atoms. The highest BCUT2D eigenvalue weighted by Crippen LogP contribution is 2.16. The lowest BCUT2D eigenvalue weighted by Gasteiger charge is -2.10. The second-order valence-corrected chi connectivity index (χ2v) is 6.08. The molecule has 0 saturated heterocycles. The smallest absolute Gasteiger partial charge is 0.191 e. The lowest BCUT2D eigenvalue weighted by atomic mass is 10.1. The molecule has 1 aromatic carbocycles. The van der Waals surface area contributed by atoms with E-state index < -0.39 is 5.82 Å². The van der Waals surface area contributed by atoms with Gasteiger partial charge >= 0.3 is 0 Å². The number of aliphatic imine (C=N–C) groups is 1. The zero-order valence-corrected chi connectivity index (χ0v) is 17.6. The molecule has 25 heavy (non-hydrogen) atoms. The SMILES string of the molecule is CCNC(=NCc1ccc(F)c(Cl)c1)NCc1cc(C(C)C)no1.I. The predicted molar refractivity (Wildman–Crippen MR) is 109 cm³/mol. The molecule has 1 aromatic heterocycles. The van der Waals surface area contributed by atoms with Crippen LogP contribution in [-0.2, 0) is 13.1 Å². The van der Waals surface area contributed by atoms with E-state index >= 15 is 0 Å². The molecule has 0 atom stereocenters. The summed E-state index contributed by atoms with van der Waals surface area (Å²) < 4.78 is 18.5. The van der Waals surface area contributed by atoms with Gasteiger partial charge in [-0.25, -0.2) is 9.38 Å². The van der Waals surface area contributed by atoms with Crippen LogP contribution in [0.5, 0.6) is 0 Å². The van der Waals surface area contributed by atoms with Crippen LogP contribution in [0.3, 0.4) is 0 Å². The Hall–Kier alpha value is -1.35. The van der Waals surface area contributed by atoms with E-state index in [1.807, 2.05) is 13.0 Å². The van der Waals surface area contributed by atoms with Gasteiger partial charge in [0, 0.05) is 12.6 Å². The van der Waals surface area contributed by atoms with E-state index in [4.69, 9.17) is 16.1 Å². The Morgan fingerprint density at radius 3 is 2.68 bits per heavy atom. The van der Waals surface area contributed by atoms with Gasteiger partial charge in [-0.3, -0.25) is 0 Å². The van der Waals surface area contributed by atoms with Gasteiger partial charge in [-0.2, -0.15) is 0 Å². The van der Waals surface area contributed by atoms with Crippen LogP contribution < -0.4 is 10.6 Å². The van der Waals surface area contributed by atoms with E-state index in [1.165, 1.54) is 6.07 Å². The van der Waals surface area contributed by atoms with Crippen LogP contribution in [0.25, 0.3) is 0 Å². The Morgan fingerprint density at radius 2 is 2.08 bits per heavy atom. The zero-order chi connectivity index (χ0) is 17.5. The maximum absolute atomic E-state index is 13.2. The van der Waals surface area contributed by atoms with E-state index in [-0.39, 0.29) is 29.0 Å². The van der Waals surface area contributed by atoms with Crippen molar-refractivity contribution < 1.29 is 8.91 Å². The van der Waals surface area contributed by atoms with Crippen LogP contribution >= 0.6 is 35.6 Å². The number of benzene rings is 1. The summed E-state index contributed by atoms with van der Waals surface area (Å²) in [6, 6.07) is 6.52. The van der Waals surface area contributed by atoms with Crippen molar-refractivity contribution in [3.63, 3.8) is 0 Å². The summed E-state index contributed by atoms with van der Waals surface area (Å²) in [6.45, 7) is 7.71. The highest BCUT2D eigenvalue weighted by Gasteiger charge is 2.08. The molecule has 0 aliphatic carbocycles. The largest absolute Gasteiger partial charge is 0.359 e. The number of guanidine groups is 1. The van der Waals surface area contributed by atoms with Crippen LogP contribution in [0.15, 0.2) is 33.8 Å². The molecule has 0 amide bonds. The average molecular weight is 481 g/mol.